The smallest absolute Gasteiger partial charge is 0.248 e. The van der Waals surface area contributed by atoms with Crippen LogP contribution in [0.4, 0.5) is 5.69 Å². The predicted molar refractivity (Wildman–Crippen MR) is 94.1 cm³/mol. The van der Waals surface area contributed by atoms with E-state index in [1.165, 1.54) is 37.6 Å². The van der Waals surface area contributed by atoms with E-state index in [0.717, 1.165) is 11.4 Å². The van der Waals surface area contributed by atoms with Crippen LogP contribution in [-0.4, -0.2) is 27.3 Å². The Kier molecular flexibility index (Phi) is 4.50. The first-order chi connectivity index (χ1) is 12.3. The molecular formula is C19H22N4O2. The molecule has 1 N–H and O–H groups in total. The van der Waals surface area contributed by atoms with Crippen molar-refractivity contribution in [2.45, 2.75) is 32.2 Å². The molecule has 1 amide bonds. The predicted octanol–water partition coefficient (Wildman–Crippen LogP) is 3.04. The highest BCUT2D eigenvalue weighted by molar-refractivity contribution is 6.00. The highest BCUT2D eigenvalue weighted by atomic mass is 16.5. The summed E-state index contributed by atoms with van der Waals surface area (Å²) in [5.41, 5.74) is 2.11. The van der Waals surface area contributed by atoms with Crippen molar-refractivity contribution in [3.8, 4) is 5.75 Å². The lowest BCUT2D eigenvalue weighted by molar-refractivity contribution is -0.112. The summed E-state index contributed by atoms with van der Waals surface area (Å²) < 4.78 is 7.44. The zero-order chi connectivity index (χ0) is 17.1. The number of aromatic nitrogens is 3. The van der Waals surface area contributed by atoms with E-state index in [0.29, 0.717) is 25.0 Å². The van der Waals surface area contributed by atoms with E-state index in [9.17, 15) is 4.79 Å². The molecule has 2 aliphatic carbocycles. The van der Waals surface area contributed by atoms with Gasteiger partial charge in [-0.05, 0) is 49.7 Å². The van der Waals surface area contributed by atoms with Gasteiger partial charge in [0.1, 0.15) is 25.0 Å². The van der Waals surface area contributed by atoms with Gasteiger partial charge in [-0.2, -0.15) is 5.10 Å². The summed E-state index contributed by atoms with van der Waals surface area (Å²) in [5.74, 6) is 2.01. The van der Waals surface area contributed by atoms with Gasteiger partial charge in [-0.3, -0.25) is 4.79 Å². The molecule has 0 aliphatic heterocycles. The van der Waals surface area contributed by atoms with Gasteiger partial charge in [0.25, 0.3) is 0 Å². The molecule has 2 saturated carbocycles. The van der Waals surface area contributed by atoms with Gasteiger partial charge in [0.2, 0.25) is 5.91 Å². The molecule has 0 bridgehead atoms. The number of allylic oxidation sites excluding steroid dienone is 1. The lowest BCUT2D eigenvalue weighted by Gasteiger charge is -2.09. The summed E-state index contributed by atoms with van der Waals surface area (Å²) >= 11 is 0. The lowest BCUT2D eigenvalue weighted by Crippen LogP contribution is -2.11. The van der Waals surface area contributed by atoms with E-state index in [-0.39, 0.29) is 5.91 Å². The second-order valence-corrected chi connectivity index (χ2v) is 6.72. The Morgan fingerprint density at radius 1 is 1.28 bits per heavy atom. The molecule has 0 radical (unpaired) electrons. The van der Waals surface area contributed by atoms with Crippen molar-refractivity contribution in [2.24, 2.45) is 11.8 Å². The molecule has 6 nitrogen and oxygen atoms in total. The van der Waals surface area contributed by atoms with Gasteiger partial charge in [0, 0.05) is 17.8 Å². The average molecular weight is 338 g/mol. The molecule has 0 atom stereocenters. The Morgan fingerprint density at radius 2 is 2.08 bits per heavy atom. The van der Waals surface area contributed by atoms with Gasteiger partial charge < -0.3 is 10.1 Å². The minimum absolute atomic E-state index is 0.0337. The Labute approximate surface area is 146 Å². The van der Waals surface area contributed by atoms with Crippen LogP contribution in [0.1, 0.15) is 25.7 Å². The van der Waals surface area contributed by atoms with Crippen molar-refractivity contribution in [1.29, 1.82) is 0 Å². The standard InChI is InChI=1S/C19H22N4O2/c24-19(11-18(14-4-5-14)15-6-7-15)22-16-2-1-3-17(10-16)25-9-8-23-13-20-12-21-23/h1-3,10-15H,4-9H2,(H,22,24). The summed E-state index contributed by atoms with van der Waals surface area (Å²) in [5, 5.41) is 6.99. The van der Waals surface area contributed by atoms with Gasteiger partial charge in [-0.1, -0.05) is 11.6 Å². The lowest BCUT2D eigenvalue weighted by atomic mass is 10.1. The molecule has 0 unspecified atom stereocenters. The van der Waals surface area contributed by atoms with Crippen LogP contribution in [0.15, 0.2) is 48.6 Å². The zero-order valence-electron chi connectivity index (χ0n) is 14.1. The second kappa shape index (κ2) is 7.09. The number of ether oxygens (including phenoxy) is 1. The fourth-order valence-electron chi connectivity index (χ4n) is 3.00. The quantitative estimate of drug-likeness (QED) is 0.751. The third-order valence-corrected chi connectivity index (χ3v) is 4.55. The summed E-state index contributed by atoms with van der Waals surface area (Å²) in [6.07, 6.45) is 9.95. The third kappa shape index (κ3) is 4.47. The van der Waals surface area contributed by atoms with E-state index in [4.69, 9.17) is 4.74 Å². The van der Waals surface area contributed by atoms with Crippen LogP contribution < -0.4 is 10.1 Å². The maximum absolute atomic E-state index is 12.3. The first kappa shape index (κ1) is 15.9. The SMILES string of the molecule is O=C(C=C(C1CC1)C1CC1)Nc1cccc(OCCn2cncn2)c1. The van der Waals surface area contributed by atoms with Gasteiger partial charge in [-0.25, -0.2) is 9.67 Å². The van der Waals surface area contributed by atoms with Crippen molar-refractivity contribution < 1.29 is 9.53 Å². The van der Waals surface area contributed by atoms with E-state index < -0.39 is 0 Å². The number of benzene rings is 1. The molecule has 1 heterocycles. The van der Waals surface area contributed by atoms with Crippen LogP contribution in [0.25, 0.3) is 0 Å². The first-order valence-electron chi connectivity index (χ1n) is 8.86. The number of carbonyl (C=O) groups is 1. The van der Waals surface area contributed by atoms with Crippen LogP contribution in [0.3, 0.4) is 0 Å². The molecule has 2 aromatic rings. The van der Waals surface area contributed by atoms with Gasteiger partial charge >= 0.3 is 0 Å². The number of rotatable bonds is 8. The Hall–Kier alpha value is -2.63. The van der Waals surface area contributed by atoms with Gasteiger partial charge in [0.05, 0.1) is 6.54 Å². The molecule has 0 saturated heterocycles. The number of nitrogens with zero attached hydrogens (tertiary/aromatic N) is 3. The Bertz CT molecular complexity index is 747. The maximum atomic E-state index is 12.3. The largest absolute Gasteiger partial charge is 0.492 e. The molecule has 2 fully saturated rings. The van der Waals surface area contributed by atoms with Crippen molar-refractivity contribution in [3.63, 3.8) is 0 Å². The molecule has 4 rings (SSSR count). The second-order valence-electron chi connectivity index (χ2n) is 6.72. The molecule has 0 spiro atoms. The van der Waals surface area contributed by atoms with Crippen LogP contribution in [-0.2, 0) is 11.3 Å². The molecule has 25 heavy (non-hydrogen) atoms. The number of amides is 1. The number of hydrogen-bond acceptors (Lipinski definition) is 4. The number of nitrogens with one attached hydrogen (secondary N) is 1. The Morgan fingerprint density at radius 3 is 2.76 bits per heavy atom. The number of hydrogen-bond donors (Lipinski definition) is 1. The van der Waals surface area contributed by atoms with Crippen LogP contribution >= 0.6 is 0 Å². The minimum Gasteiger partial charge on any atom is -0.492 e. The number of anilines is 1. The topological polar surface area (TPSA) is 69.0 Å². The number of carbonyl (C=O) groups excluding carboxylic acids is 1. The van der Waals surface area contributed by atoms with E-state index in [1.807, 2.05) is 30.3 Å². The van der Waals surface area contributed by atoms with Gasteiger partial charge in [-0.15, -0.1) is 0 Å². The first-order valence-corrected chi connectivity index (χ1v) is 8.86. The highest BCUT2D eigenvalue weighted by Crippen LogP contribution is 2.48. The molecule has 1 aromatic carbocycles. The van der Waals surface area contributed by atoms with E-state index >= 15 is 0 Å². The van der Waals surface area contributed by atoms with E-state index in [1.54, 1.807) is 11.0 Å². The Balaban J connectivity index is 1.32. The van der Waals surface area contributed by atoms with Gasteiger partial charge in [0.15, 0.2) is 0 Å². The van der Waals surface area contributed by atoms with Crippen molar-refractivity contribution >= 4 is 11.6 Å². The molecule has 2 aliphatic rings. The monoisotopic (exact) mass is 338 g/mol. The molecular weight excluding hydrogens is 316 g/mol. The van der Waals surface area contributed by atoms with Crippen molar-refractivity contribution in [2.75, 3.05) is 11.9 Å². The van der Waals surface area contributed by atoms with E-state index in [2.05, 4.69) is 15.4 Å². The normalized spacial score (nSPS) is 16.3. The maximum Gasteiger partial charge on any atom is 0.248 e. The summed E-state index contributed by atoms with van der Waals surface area (Å²) in [4.78, 5) is 16.2. The minimum atomic E-state index is -0.0337. The summed E-state index contributed by atoms with van der Waals surface area (Å²) in [6.45, 7) is 1.12. The summed E-state index contributed by atoms with van der Waals surface area (Å²) in [6, 6.07) is 7.49. The van der Waals surface area contributed by atoms with Crippen LogP contribution in [0.2, 0.25) is 0 Å². The third-order valence-electron chi connectivity index (χ3n) is 4.55. The average Bonchev–Trinajstić information content (AvgIpc) is 3.53. The molecule has 130 valence electrons. The zero-order valence-corrected chi connectivity index (χ0v) is 14.1. The fourth-order valence-corrected chi connectivity index (χ4v) is 3.00. The molecule has 6 heteroatoms. The summed E-state index contributed by atoms with van der Waals surface area (Å²) in [7, 11) is 0. The molecule has 1 aromatic heterocycles. The fraction of sp³-hybridized carbons (Fsp3) is 0.421. The van der Waals surface area contributed by atoms with Crippen LogP contribution in [0.5, 0.6) is 5.75 Å². The highest BCUT2D eigenvalue weighted by Gasteiger charge is 2.36. The van der Waals surface area contributed by atoms with Crippen molar-refractivity contribution in [1.82, 2.24) is 14.8 Å². The van der Waals surface area contributed by atoms with Crippen molar-refractivity contribution in [3.05, 3.63) is 48.6 Å². The van der Waals surface area contributed by atoms with Crippen LogP contribution in [0, 0.1) is 11.8 Å².